The van der Waals surface area contributed by atoms with Crippen LogP contribution in [0.5, 0.6) is 0 Å². The normalized spacial score (nSPS) is 8.75. The van der Waals surface area contributed by atoms with Crippen LogP contribution in [0, 0.1) is 11.8 Å². The van der Waals surface area contributed by atoms with Gasteiger partial charge in [-0.15, -0.1) is 5.92 Å². The average Bonchev–Trinajstić information content (AvgIpc) is 2.34. The Bertz CT molecular complexity index is 399. The van der Waals surface area contributed by atoms with Crippen molar-refractivity contribution >= 4 is 0 Å². The molecule has 0 unspecified atom stereocenters. The molecule has 0 aliphatic heterocycles. The largest absolute Gasteiger partial charge is 0.376 e. The second-order valence-corrected chi connectivity index (χ2v) is 3.03. The van der Waals surface area contributed by atoms with Crippen LogP contribution in [-0.2, 0) is 11.3 Å². The average molecular weight is 215 g/mol. The van der Waals surface area contributed by atoms with Crippen molar-refractivity contribution in [3.63, 3.8) is 0 Å². The minimum absolute atomic E-state index is 0.231. The molecule has 0 aliphatic rings. The summed E-state index contributed by atoms with van der Waals surface area (Å²) in [7, 11) is 0. The molecule has 4 heteroatoms. The van der Waals surface area contributed by atoms with E-state index in [1.165, 1.54) is 0 Å². The standard InChI is InChI=1S/C12H13N3O/c13-15-14-9-5-2-6-10-16-11-12-7-3-1-4-8-12/h1,3-4,7-8H,6,9-11H2. The molecule has 0 heterocycles. The third-order valence-electron chi connectivity index (χ3n) is 1.82. The van der Waals surface area contributed by atoms with Crippen molar-refractivity contribution in [3.8, 4) is 11.8 Å². The van der Waals surface area contributed by atoms with Gasteiger partial charge in [0, 0.05) is 11.3 Å². The first-order chi connectivity index (χ1) is 7.93. The van der Waals surface area contributed by atoms with E-state index >= 15 is 0 Å². The number of hydrogen-bond acceptors (Lipinski definition) is 2. The maximum absolute atomic E-state index is 8.00. The van der Waals surface area contributed by atoms with Crippen LogP contribution in [0.4, 0.5) is 0 Å². The van der Waals surface area contributed by atoms with Crippen LogP contribution in [0.1, 0.15) is 12.0 Å². The highest BCUT2D eigenvalue weighted by Crippen LogP contribution is 2.00. The van der Waals surface area contributed by atoms with Crippen molar-refractivity contribution in [2.45, 2.75) is 13.0 Å². The first-order valence-electron chi connectivity index (χ1n) is 5.01. The summed E-state index contributed by atoms with van der Waals surface area (Å²) >= 11 is 0. The highest BCUT2D eigenvalue weighted by Gasteiger charge is 1.89. The van der Waals surface area contributed by atoms with Crippen molar-refractivity contribution in [1.82, 2.24) is 0 Å². The maximum atomic E-state index is 8.00. The van der Waals surface area contributed by atoms with Gasteiger partial charge in [0.15, 0.2) is 0 Å². The van der Waals surface area contributed by atoms with E-state index in [0.717, 1.165) is 5.56 Å². The lowest BCUT2D eigenvalue weighted by Crippen LogP contribution is -1.94. The van der Waals surface area contributed by atoms with Crippen molar-refractivity contribution in [2.75, 3.05) is 13.2 Å². The summed E-state index contributed by atoms with van der Waals surface area (Å²) in [5.41, 5.74) is 9.16. The van der Waals surface area contributed by atoms with Gasteiger partial charge < -0.3 is 4.74 Å². The van der Waals surface area contributed by atoms with Crippen LogP contribution >= 0.6 is 0 Å². The molecular weight excluding hydrogens is 202 g/mol. The molecule has 1 aromatic rings. The van der Waals surface area contributed by atoms with Crippen LogP contribution < -0.4 is 0 Å². The molecular formula is C12H13N3O. The molecule has 0 saturated heterocycles. The summed E-state index contributed by atoms with van der Waals surface area (Å²) in [4.78, 5) is 2.60. The molecule has 0 atom stereocenters. The fraction of sp³-hybridized carbons (Fsp3) is 0.333. The van der Waals surface area contributed by atoms with Gasteiger partial charge in [0.1, 0.15) is 0 Å². The Labute approximate surface area is 94.9 Å². The Hall–Kier alpha value is -1.95. The molecule has 0 bridgehead atoms. The van der Waals surface area contributed by atoms with E-state index in [1.54, 1.807) is 0 Å². The van der Waals surface area contributed by atoms with Gasteiger partial charge in [-0.1, -0.05) is 41.4 Å². The summed E-state index contributed by atoms with van der Waals surface area (Å²) in [6, 6.07) is 9.99. The molecule has 0 radical (unpaired) electrons. The van der Waals surface area contributed by atoms with Crippen molar-refractivity contribution in [2.24, 2.45) is 5.11 Å². The van der Waals surface area contributed by atoms with Crippen LogP contribution in [0.2, 0.25) is 0 Å². The van der Waals surface area contributed by atoms with E-state index in [2.05, 4.69) is 21.9 Å². The topological polar surface area (TPSA) is 58.0 Å². The monoisotopic (exact) mass is 215 g/mol. The van der Waals surface area contributed by atoms with Gasteiger partial charge in [0.05, 0.1) is 19.8 Å². The summed E-state index contributed by atoms with van der Waals surface area (Å²) in [6.07, 6.45) is 0.660. The summed E-state index contributed by atoms with van der Waals surface area (Å²) in [5, 5.41) is 3.30. The predicted molar refractivity (Wildman–Crippen MR) is 62.5 cm³/mol. The van der Waals surface area contributed by atoms with Crippen molar-refractivity contribution in [3.05, 3.63) is 46.3 Å². The molecule has 4 nitrogen and oxygen atoms in total. The first-order valence-corrected chi connectivity index (χ1v) is 5.01. The predicted octanol–water partition coefficient (Wildman–Crippen LogP) is 2.91. The molecule has 16 heavy (non-hydrogen) atoms. The molecule has 1 rings (SSSR count). The molecule has 1 aromatic carbocycles. The number of benzene rings is 1. The Morgan fingerprint density at radius 1 is 1.25 bits per heavy atom. The summed E-state index contributed by atoms with van der Waals surface area (Å²) < 4.78 is 5.42. The molecule has 0 amide bonds. The van der Waals surface area contributed by atoms with E-state index in [4.69, 9.17) is 10.3 Å². The van der Waals surface area contributed by atoms with Gasteiger partial charge >= 0.3 is 0 Å². The molecule has 0 saturated carbocycles. The quantitative estimate of drug-likeness (QED) is 0.245. The fourth-order valence-corrected chi connectivity index (χ4v) is 1.10. The van der Waals surface area contributed by atoms with Gasteiger partial charge in [-0.25, -0.2) is 0 Å². The molecule has 0 N–H and O–H groups in total. The number of ether oxygens (including phenoxy) is 1. The van der Waals surface area contributed by atoms with Gasteiger partial charge in [-0.2, -0.15) is 0 Å². The molecule has 0 aromatic heterocycles. The summed E-state index contributed by atoms with van der Waals surface area (Å²) in [5.74, 6) is 5.60. The highest BCUT2D eigenvalue weighted by atomic mass is 16.5. The molecule has 0 spiro atoms. The van der Waals surface area contributed by atoms with Gasteiger partial charge in [0.25, 0.3) is 0 Å². The Morgan fingerprint density at radius 3 is 2.81 bits per heavy atom. The number of nitrogens with zero attached hydrogens (tertiary/aromatic N) is 3. The highest BCUT2D eigenvalue weighted by molar-refractivity contribution is 5.13. The zero-order valence-corrected chi connectivity index (χ0v) is 8.97. The third kappa shape index (κ3) is 5.71. The van der Waals surface area contributed by atoms with E-state index in [0.29, 0.717) is 19.6 Å². The van der Waals surface area contributed by atoms with E-state index in [-0.39, 0.29) is 6.54 Å². The van der Waals surface area contributed by atoms with Crippen molar-refractivity contribution in [1.29, 1.82) is 0 Å². The van der Waals surface area contributed by atoms with Gasteiger partial charge in [-0.05, 0) is 11.1 Å². The van der Waals surface area contributed by atoms with Crippen LogP contribution in [0.3, 0.4) is 0 Å². The van der Waals surface area contributed by atoms with Crippen molar-refractivity contribution < 1.29 is 4.74 Å². The minimum atomic E-state index is 0.231. The van der Waals surface area contributed by atoms with Gasteiger partial charge in [-0.3, -0.25) is 0 Å². The van der Waals surface area contributed by atoms with Crippen LogP contribution in [0.25, 0.3) is 10.4 Å². The smallest absolute Gasteiger partial charge is 0.0876 e. The minimum Gasteiger partial charge on any atom is -0.376 e. The molecule has 82 valence electrons. The zero-order chi connectivity index (χ0) is 11.5. The lowest BCUT2D eigenvalue weighted by Gasteiger charge is -2.00. The molecule has 0 aliphatic carbocycles. The lowest BCUT2D eigenvalue weighted by atomic mass is 10.2. The maximum Gasteiger partial charge on any atom is 0.0876 e. The van der Waals surface area contributed by atoms with Crippen LogP contribution in [0.15, 0.2) is 35.4 Å². The van der Waals surface area contributed by atoms with E-state index in [1.807, 2.05) is 30.3 Å². The Morgan fingerprint density at radius 2 is 2.06 bits per heavy atom. The lowest BCUT2D eigenvalue weighted by molar-refractivity contribution is 0.126. The third-order valence-corrected chi connectivity index (χ3v) is 1.82. The number of hydrogen-bond donors (Lipinski definition) is 0. The zero-order valence-electron chi connectivity index (χ0n) is 8.97. The Kier molecular flexibility index (Phi) is 6.34. The second kappa shape index (κ2) is 8.37. The number of azide groups is 1. The number of rotatable bonds is 5. The summed E-state index contributed by atoms with van der Waals surface area (Å²) in [6.45, 7) is 1.44. The van der Waals surface area contributed by atoms with E-state index in [9.17, 15) is 0 Å². The second-order valence-electron chi connectivity index (χ2n) is 3.03. The Balaban J connectivity index is 2.08. The first kappa shape index (κ1) is 12.1. The van der Waals surface area contributed by atoms with Crippen LogP contribution in [-0.4, -0.2) is 13.2 Å². The molecule has 0 fully saturated rings. The van der Waals surface area contributed by atoms with E-state index < -0.39 is 0 Å². The van der Waals surface area contributed by atoms with Gasteiger partial charge in [0.2, 0.25) is 0 Å². The fourth-order valence-electron chi connectivity index (χ4n) is 1.10. The SMILES string of the molecule is [N-]=[N+]=NCC#CCCOCc1ccccc1.